The zero-order chi connectivity index (χ0) is 10.7. The highest BCUT2D eigenvalue weighted by molar-refractivity contribution is 14.1. The van der Waals surface area contributed by atoms with Crippen molar-refractivity contribution in [3.63, 3.8) is 0 Å². The Kier molecular flexibility index (Phi) is 3.64. The maximum atomic E-state index is 10.3. The van der Waals surface area contributed by atoms with Gasteiger partial charge >= 0.3 is 0 Å². The Balaban J connectivity index is 2.03. The minimum Gasteiger partial charge on any atom is -0.389 e. The number of rotatable bonds is 2. The monoisotopic (exact) mass is 318 g/mol. The molecule has 1 fully saturated rings. The maximum absolute atomic E-state index is 10.3. The van der Waals surface area contributed by atoms with Crippen LogP contribution >= 0.6 is 22.6 Å². The molecule has 0 aliphatic carbocycles. The Morgan fingerprint density at radius 1 is 1.20 bits per heavy atom. The highest BCUT2D eigenvalue weighted by atomic mass is 127. The van der Waals surface area contributed by atoms with Crippen molar-refractivity contribution in [1.29, 1.82) is 0 Å². The Labute approximate surface area is 104 Å². The van der Waals surface area contributed by atoms with E-state index in [0.717, 1.165) is 19.3 Å². The Morgan fingerprint density at radius 2 is 1.80 bits per heavy atom. The molecule has 1 N–H and O–H groups in total. The number of halogens is 1. The first-order valence-electron chi connectivity index (χ1n) is 5.23. The molecule has 82 valence electrons. The average molecular weight is 318 g/mol. The second-order valence-electron chi connectivity index (χ2n) is 4.14. The molecule has 0 aromatic heterocycles. The van der Waals surface area contributed by atoms with E-state index >= 15 is 0 Å². The second kappa shape index (κ2) is 4.80. The summed E-state index contributed by atoms with van der Waals surface area (Å²) in [5.41, 5.74) is 0.658. The third-order valence-corrected chi connectivity index (χ3v) is 3.59. The number of aliphatic hydroxyl groups is 1. The first kappa shape index (κ1) is 11.4. The molecule has 1 saturated heterocycles. The van der Waals surface area contributed by atoms with Crippen LogP contribution in [-0.2, 0) is 11.2 Å². The average Bonchev–Trinajstić information content (AvgIpc) is 2.22. The van der Waals surface area contributed by atoms with E-state index in [-0.39, 0.29) is 0 Å². The van der Waals surface area contributed by atoms with Crippen molar-refractivity contribution in [2.75, 3.05) is 13.2 Å². The van der Waals surface area contributed by atoms with Crippen LogP contribution in [0.15, 0.2) is 24.3 Å². The van der Waals surface area contributed by atoms with Crippen LogP contribution in [0.25, 0.3) is 0 Å². The van der Waals surface area contributed by atoms with Gasteiger partial charge in [-0.05, 0) is 53.1 Å². The Hall–Kier alpha value is -0.130. The minimum atomic E-state index is -0.551. The molecule has 1 heterocycles. The van der Waals surface area contributed by atoms with E-state index in [9.17, 15) is 5.11 Å². The van der Waals surface area contributed by atoms with Crippen molar-refractivity contribution < 1.29 is 9.84 Å². The molecule has 1 aromatic carbocycles. The van der Waals surface area contributed by atoms with Crippen LogP contribution in [0.1, 0.15) is 18.4 Å². The summed E-state index contributed by atoms with van der Waals surface area (Å²) in [6.45, 7) is 1.36. The lowest BCUT2D eigenvalue weighted by atomic mass is 9.87. The van der Waals surface area contributed by atoms with E-state index in [0.29, 0.717) is 13.2 Å². The van der Waals surface area contributed by atoms with Gasteiger partial charge in [0.15, 0.2) is 0 Å². The molecule has 15 heavy (non-hydrogen) atoms. The summed E-state index contributed by atoms with van der Waals surface area (Å²) in [4.78, 5) is 0. The molecule has 0 unspecified atom stereocenters. The van der Waals surface area contributed by atoms with E-state index in [2.05, 4.69) is 46.9 Å². The maximum Gasteiger partial charge on any atom is 0.0731 e. The van der Waals surface area contributed by atoms with Crippen LogP contribution in [-0.4, -0.2) is 23.9 Å². The van der Waals surface area contributed by atoms with Crippen LogP contribution in [0.2, 0.25) is 0 Å². The first-order chi connectivity index (χ1) is 7.18. The molecular formula is C12H15IO2. The summed E-state index contributed by atoms with van der Waals surface area (Å²) in [6.07, 6.45) is 2.24. The van der Waals surface area contributed by atoms with Gasteiger partial charge in [-0.1, -0.05) is 12.1 Å². The Morgan fingerprint density at radius 3 is 2.40 bits per heavy atom. The van der Waals surface area contributed by atoms with Gasteiger partial charge in [-0.2, -0.15) is 0 Å². The van der Waals surface area contributed by atoms with E-state index in [1.54, 1.807) is 0 Å². The fraction of sp³-hybridized carbons (Fsp3) is 0.500. The van der Waals surface area contributed by atoms with E-state index in [1.165, 1.54) is 9.13 Å². The third kappa shape index (κ3) is 3.16. The smallest absolute Gasteiger partial charge is 0.0731 e. The fourth-order valence-electron chi connectivity index (χ4n) is 1.91. The van der Waals surface area contributed by atoms with Crippen molar-refractivity contribution >= 4 is 22.6 Å². The summed E-state index contributed by atoms with van der Waals surface area (Å²) in [5, 5.41) is 10.3. The van der Waals surface area contributed by atoms with Gasteiger partial charge in [0.25, 0.3) is 0 Å². The minimum absolute atomic E-state index is 0.551. The molecule has 0 amide bonds. The van der Waals surface area contributed by atoms with Crippen LogP contribution < -0.4 is 0 Å². The van der Waals surface area contributed by atoms with Gasteiger partial charge in [0.05, 0.1) is 5.60 Å². The zero-order valence-corrected chi connectivity index (χ0v) is 10.7. The predicted molar refractivity (Wildman–Crippen MR) is 67.9 cm³/mol. The van der Waals surface area contributed by atoms with Gasteiger partial charge in [-0.15, -0.1) is 0 Å². The van der Waals surface area contributed by atoms with Gasteiger partial charge in [0.2, 0.25) is 0 Å². The van der Waals surface area contributed by atoms with Crippen LogP contribution in [0.5, 0.6) is 0 Å². The number of ether oxygens (including phenoxy) is 1. The number of benzene rings is 1. The summed E-state index contributed by atoms with van der Waals surface area (Å²) < 4.78 is 6.49. The Bertz CT molecular complexity index is 315. The summed E-state index contributed by atoms with van der Waals surface area (Å²) in [7, 11) is 0. The lowest BCUT2D eigenvalue weighted by Gasteiger charge is -2.32. The molecule has 0 radical (unpaired) electrons. The molecule has 2 nitrogen and oxygen atoms in total. The standard InChI is InChI=1S/C12H15IO2/c13-11-3-1-10(2-4-11)9-12(14)5-7-15-8-6-12/h1-4,14H,5-9H2. The first-order valence-corrected chi connectivity index (χ1v) is 6.30. The fourth-order valence-corrected chi connectivity index (χ4v) is 2.27. The molecule has 0 spiro atoms. The molecule has 3 heteroatoms. The SMILES string of the molecule is OC1(Cc2ccc(I)cc2)CCOCC1. The molecule has 1 aliphatic rings. The van der Waals surface area contributed by atoms with Crippen LogP contribution in [0, 0.1) is 3.57 Å². The number of hydrogen-bond donors (Lipinski definition) is 1. The van der Waals surface area contributed by atoms with Crippen molar-refractivity contribution in [1.82, 2.24) is 0 Å². The van der Waals surface area contributed by atoms with Crippen molar-refractivity contribution in [2.24, 2.45) is 0 Å². The van der Waals surface area contributed by atoms with Crippen LogP contribution in [0.4, 0.5) is 0 Å². The predicted octanol–water partition coefficient (Wildman–Crippen LogP) is 2.38. The molecule has 0 atom stereocenters. The molecule has 2 rings (SSSR count). The quantitative estimate of drug-likeness (QED) is 0.849. The lowest BCUT2D eigenvalue weighted by Crippen LogP contribution is -2.38. The second-order valence-corrected chi connectivity index (χ2v) is 5.39. The van der Waals surface area contributed by atoms with Gasteiger partial charge in [0, 0.05) is 23.2 Å². The summed E-state index contributed by atoms with van der Waals surface area (Å²) in [6, 6.07) is 8.35. The molecule has 0 bridgehead atoms. The van der Waals surface area contributed by atoms with E-state index in [1.807, 2.05) is 0 Å². The molecule has 0 saturated carbocycles. The summed E-state index contributed by atoms with van der Waals surface area (Å²) >= 11 is 2.29. The van der Waals surface area contributed by atoms with Crippen LogP contribution in [0.3, 0.4) is 0 Å². The topological polar surface area (TPSA) is 29.5 Å². The summed E-state index contributed by atoms with van der Waals surface area (Å²) in [5.74, 6) is 0. The zero-order valence-electron chi connectivity index (χ0n) is 8.58. The lowest BCUT2D eigenvalue weighted by molar-refractivity contribution is -0.0625. The van der Waals surface area contributed by atoms with E-state index < -0.39 is 5.60 Å². The largest absolute Gasteiger partial charge is 0.389 e. The molecule has 1 aliphatic heterocycles. The normalized spacial score (nSPS) is 20.1. The number of hydrogen-bond acceptors (Lipinski definition) is 2. The van der Waals surface area contributed by atoms with Gasteiger partial charge in [0.1, 0.15) is 0 Å². The van der Waals surface area contributed by atoms with Crippen molar-refractivity contribution in [3.05, 3.63) is 33.4 Å². The highest BCUT2D eigenvalue weighted by Gasteiger charge is 2.29. The molecular weight excluding hydrogens is 303 g/mol. The van der Waals surface area contributed by atoms with Crippen molar-refractivity contribution in [3.8, 4) is 0 Å². The van der Waals surface area contributed by atoms with Gasteiger partial charge in [-0.25, -0.2) is 0 Å². The molecule has 1 aromatic rings. The van der Waals surface area contributed by atoms with E-state index in [4.69, 9.17) is 4.74 Å². The van der Waals surface area contributed by atoms with Gasteiger partial charge < -0.3 is 9.84 Å². The van der Waals surface area contributed by atoms with Crippen molar-refractivity contribution in [2.45, 2.75) is 24.9 Å². The van der Waals surface area contributed by atoms with Gasteiger partial charge in [-0.3, -0.25) is 0 Å². The highest BCUT2D eigenvalue weighted by Crippen LogP contribution is 2.25. The third-order valence-electron chi connectivity index (χ3n) is 2.87.